The molecule has 5 heteroatoms. The Hall–Kier alpha value is -2.24. The summed E-state index contributed by atoms with van der Waals surface area (Å²) in [5.74, 6) is 5.44. The van der Waals surface area contributed by atoms with Crippen molar-refractivity contribution in [3.63, 3.8) is 0 Å². The Labute approximate surface area is 122 Å². The zero-order valence-electron chi connectivity index (χ0n) is 12.0. The predicted octanol–water partition coefficient (Wildman–Crippen LogP) is 2.57. The maximum absolute atomic E-state index is 13.7. The van der Waals surface area contributed by atoms with E-state index in [9.17, 15) is 4.39 Å². The van der Waals surface area contributed by atoms with Crippen LogP contribution in [0.15, 0.2) is 42.5 Å². The Morgan fingerprint density at radius 1 is 1.24 bits per heavy atom. The summed E-state index contributed by atoms with van der Waals surface area (Å²) >= 11 is 0. The number of nitrogens with two attached hydrogens (primary N) is 1. The van der Waals surface area contributed by atoms with Gasteiger partial charge in [0.2, 0.25) is 0 Å². The van der Waals surface area contributed by atoms with Crippen molar-refractivity contribution in [2.75, 3.05) is 0 Å². The van der Waals surface area contributed by atoms with E-state index in [-0.39, 0.29) is 11.9 Å². The molecular formula is C16H17FN4. The van der Waals surface area contributed by atoms with Crippen LogP contribution in [-0.4, -0.2) is 9.78 Å². The number of benzene rings is 2. The zero-order chi connectivity index (χ0) is 15.0. The third-order valence-corrected chi connectivity index (χ3v) is 3.62. The first kappa shape index (κ1) is 13.7. The second-order valence-corrected chi connectivity index (χ2v) is 5.19. The number of halogens is 1. The third kappa shape index (κ3) is 2.41. The number of nitrogens with one attached hydrogen (secondary N) is 1. The Morgan fingerprint density at radius 2 is 2.00 bits per heavy atom. The first-order chi connectivity index (χ1) is 10.1. The number of fused-ring (bicyclic) bond motifs is 1. The van der Waals surface area contributed by atoms with Crippen LogP contribution in [-0.2, 0) is 7.05 Å². The van der Waals surface area contributed by atoms with E-state index in [0.717, 1.165) is 27.7 Å². The van der Waals surface area contributed by atoms with Gasteiger partial charge in [-0.2, -0.15) is 5.10 Å². The second-order valence-electron chi connectivity index (χ2n) is 5.19. The molecule has 3 N–H and O–H groups in total. The van der Waals surface area contributed by atoms with Crippen LogP contribution < -0.4 is 11.3 Å². The number of hydrogen-bond donors (Lipinski definition) is 2. The number of nitrogens with zero attached hydrogens (tertiary/aromatic N) is 2. The van der Waals surface area contributed by atoms with E-state index in [2.05, 4.69) is 10.5 Å². The molecule has 0 bridgehead atoms. The molecule has 3 aromatic rings. The lowest BCUT2D eigenvalue weighted by Gasteiger charge is -2.15. The zero-order valence-corrected chi connectivity index (χ0v) is 12.0. The number of aryl methyl sites for hydroxylation is 2. The molecule has 4 nitrogen and oxygen atoms in total. The molecule has 2 aromatic carbocycles. The maximum atomic E-state index is 13.7. The highest BCUT2D eigenvalue weighted by molar-refractivity contribution is 5.82. The average Bonchev–Trinajstić information content (AvgIpc) is 2.77. The molecule has 1 aromatic heterocycles. The summed E-state index contributed by atoms with van der Waals surface area (Å²) in [7, 11) is 1.89. The lowest BCUT2D eigenvalue weighted by molar-refractivity contribution is 0.590. The summed E-state index contributed by atoms with van der Waals surface area (Å²) in [6, 6.07) is 12.4. The van der Waals surface area contributed by atoms with E-state index in [1.165, 1.54) is 12.1 Å². The van der Waals surface area contributed by atoms with Crippen molar-refractivity contribution in [2.45, 2.75) is 13.0 Å². The van der Waals surface area contributed by atoms with Crippen LogP contribution in [0, 0.1) is 12.7 Å². The topological polar surface area (TPSA) is 55.9 Å². The molecule has 0 spiro atoms. The summed E-state index contributed by atoms with van der Waals surface area (Å²) in [4.78, 5) is 0. The van der Waals surface area contributed by atoms with Crippen LogP contribution in [0.2, 0.25) is 0 Å². The van der Waals surface area contributed by atoms with Crippen molar-refractivity contribution in [2.24, 2.45) is 12.9 Å². The standard InChI is InChI=1S/C16H17FN4/c1-10-7-11(9-12(17)8-10)15(19-18)16-13-5-3-4-6-14(13)21(2)20-16/h3-9,15,19H,18H2,1-2H3. The molecule has 0 aliphatic heterocycles. The minimum atomic E-state index is -0.356. The van der Waals surface area contributed by atoms with Gasteiger partial charge in [-0.15, -0.1) is 0 Å². The molecule has 0 amide bonds. The monoisotopic (exact) mass is 284 g/mol. The van der Waals surface area contributed by atoms with Gasteiger partial charge in [-0.1, -0.05) is 24.3 Å². The Morgan fingerprint density at radius 3 is 2.71 bits per heavy atom. The SMILES string of the molecule is Cc1cc(F)cc(C(NN)c2nn(C)c3ccccc23)c1. The fraction of sp³-hybridized carbons (Fsp3) is 0.188. The van der Waals surface area contributed by atoms with Crippen LogP contribution in [0.5, 0.6) is 0 Å². The van der Waals surface area contributed by atoms with E-state index in [4.69, 9.17) is 5.84 Å². The van der Waals surface area contributed by atoms with Gasteiger partial charge in [0.05, 0.1) is 17.3 Å². The lowest BCUT2D eigenvalue weighted by atomic mass is 9.99. The fourth-order valence-corrected chi connectivity index (χ4v) is 2.72. The number of rotatable bonds is 3. The average molecular weight is 284 g/mol. The molecule has 0 radical (unpaired) electrons. The van der Waals surface area contributed by atoms with Crippen molar-refractivity contribution in [3.05, 3.63) is 65.1 Å². The minimum Gasteiger partial charge on any atom is -0.271 e. The first-order valence-corrected chi connectivity index (χ1v) is 6.75. The van der Waals surface area contributed by atoms with Gasteiger partial charge in [-0.25, -0.2) is 9.82 Å². The Bertz CT molecular complexity index is 774. The minimum absolute atomic E-state index is 0.273. The molecule has 3 rings (SSSR count). The van der Waals surface area contributed by atoms with E-state index in [1.807, 2.05) is 44.3 Å². The molecule has 21 heavy (non-hydrogen) atoms. The lowest BCUT2D eigenvalue weighted by Crippen LogP contribution is -2.29. The third-order valence-electron chi connectivity index (χ3n) is 3.62. The van der Waals surface area contributed by atoms with E-state index in [0.29, 0.717) is 0 Å². The van der Waals surface area contributed by atoms with Gasteiger partial charge in [-0.05, 0) is 36.2 Å². The van der Waals surface area contributed by atoms with Gasteiger partial charge in [0.1, 0.15) is 5.82 Å². The first-order valence-electron chi connectivity index (χ1n) is 6.75. The Balaban J connectivity index is 2.18. The van der Waals surface area contributed by atoms with Crippen LogP contribution in [0.25, 0.3) is 10.9 Å². The molecule has 0 saturated carbocycles. The van der Waals surface area contributed by atoms with Crippen molar-refractivity contribution in [3.8, 4) is 0 Å². The summed E-state index contributed by atoms with van der Waals surface area (Å²) < 4.78 is 15.5. The van der Waals surface area contributed by atoms with Gasteiger partial charge < -0.3 is 0 Å². The summed E-state index contributed by atoms with van der Waals surface area (Å²) in [6.45, 7) is 1.86. The van der Waals surface area contributed by atoms with Gasteiger partial charge in [-0.3, -0.25) is 10.5 Å². The molecule has 0 aliphatic rings. The van der Waals surface area contributed by atoms with E-state index < -0.39 is 0 Å². The second kappa shape index (κ2) is 5.27. The molecule has 0 fully saturated rings. The summed E-state index contributed by atoms with van der Waals surface area (Å²) in [6.07, 6.45) is 0. The number of hydrogen-bond acceptors (Lipinski definition) is 3. The van der Waals surface area contributed by atoms with Gasteiger partial charge in [0.25, 0.3) is 0 Å². The van der Waals surface area contributed by atoms with E-state index >= 15 is 0 Å². The van der Waals surface area contributed by atoms with Crippen LogP contribution in [0.1, 0.15) is 22.9 Å². The highest BCUT2D eigenvalue weighted by atomic mass is 19.1. The highest BCUT2D eigenvalue weighted by Crippen LogP contribution is 2.28. The van der Waals surface area contributed by atoms with Gasteiger partial charge in [0.15, 0.2) is 0 Å². The predicted molar refractivity (Wildman–Crippen MR) is 81.0 cm³/mol. The quantitative estimate of drug-likeness (QED) is 0.574. The van der Waals surface area contributed by atoms with Crippen LogP contribution in [0.3, 0.4) is 0 Å². The smallest absolute Gasteiger partial charge is 0.123 e. The fourth-order valence-electron chi connectivity index (χ4n) is 2.72. The van der Waals surface area contributed by atoms with Crippen molar-refractivity contribution in [1.82, 2.24) is 15.2 Å². The molecule has 1 heterocycles. The molecule has 0 aliphatic carbocycles. The molecule has 1 unspecified atom stereocenters. The highest BCUT2D eigenvalue weighted by Gasteiger charge is 2.20. The summed E-state index contributed by atoms with van der Waals surface area (Å²) in [5, 5.41) is 5.55. The van der Waals surface area contributed by atoms with Crippen molar-refractivity contribution in [1.29, 1.82) is 0 Å². The van der Waals surface area contributed by atoms with Crippen LogP contribution >= 0.6 is 0 Å². The Kier molecular flexibility index (Phi) is 3.45. The number of para-hydroxylation sites is 1. The van der Waals surface area contributed by atoms with Crippen molar-refractivity contribution < 1.29 is 4.39 Å². The molecule has 108 valence electrons. The number of aromatic nitrogens is 2. The summed E-state index contributed by atoms with van der Waals surface area (Å²) in [5.41, 5.74) is 6.17. The molecule has 1 atom stereocenters. The normalized spacial score (nSPS) is 12.8. The number of hydrazine groups is 1. The van der Waals surface area contributed by atoms with Crippen molar-refractivity contribution >= 4 is 10.9 Å². The van der Waals surface area contributed by atoms with Gasteiger partial charge >= 0.3 is 0 Å². The largest absolute Gasteiger partial charge is 0.271 e. The maximum Gasteiger partial charge on any atom is 0.123 e. The van der Waals surface area contributed by atoms with Gasteiger partial charge in [0, 0.05) is 12.4 Å². The molecule has 0 saturated heterocycles. The molecular weight excluding hydrogens is 267 g/mol. The van der Waals surface area contributed by atoms with Crippen LogP contribution in [0.4, 0.5) is 4.39 Å². The van der Waals surface area contributed by atoms with E-state index in [1.54, 1.807) is 4.68 Å².